The van der Waals surface area contributed by atoms with E-state index in [2.05, 4.69) is 0 Å². The molecule has 1 heterocycles. The highest BCUT2D eigenvalue weighted by atomic mass is 16.5. The Kier molecular flexibility index (Phi) is 2.83. The molecular formula is C15H14N2O2. The molecule has 19 heavy (non-hydrogen) atoms. The second-order valence-electron chi connectivity index (χ2n) is 4.48. The normalized spacial score (nSPS) is 13.9. The summed E-state index contributed by atoms with van der Waals surface area (Å²) in [5.74, 6) is 0.701. The first-order chi connectivity index (χ1) is 9.24. The minimum absolute atomic E-state index is 0.0406. The second-order valence-corrected chi connectivity index (χ2v) is 4.48. The molecule has 3 rings (SSSR count). The van der Waals surface area contributed by atoms with Gasteiger partial charge in [0.25, 0.3) is 5.91 Å². The van der Waals surface area contributed by atoms with Gasteiger partial charge >= 0.3 is 0 Å². The first-order valence-corrected chi connectivity index (χ1v) is 6.10. The third-order valence-corrected chi connectivity index (χ3v) is 3.10. The van der Waals surface area contributed by atoms with Crippen molar-refractivity contribution in [3.8, 4) is 5.75 Å². The van der Waals surface area contributed by atoms with E-state index in [9.17, 15) is 4.79 Å². The van der Waals surface area contributed by atoms with Gasteiger partial charge in [-0.15, -0.1) is 0 Å². The molecule has 0 saturated heterocycles. The third kappa shape index (κ3) is 2.25. The lowest BCUT2D eigenvalue weighted by Crippen LogP contribution is -2.38. The molecule has 0 aliphatic carbocycles. The van der Waals surface area contributed by atoms with Crippen molar-refractivity contribution in [1.82, 2.24) is 0 Å². The van der Waals surface area contributed by atoms with Crippen molar-refractivity contribution in [2.45, 2.75) is 6.54 Å². The van der Waals surface area contributed by atoms with E-state index in [1.54, 1.807) is 4.90 Å². The van der Waals surface area contributed by atoms with Crippen LogP contribution in [0.1, 0.15) is 5.56 Å². The topological polar surface area (TPSA) is 55.6 Å². The Bertz CT molecular complexity index is 625. The summed E-state index contributed by atoms with van der Waals surface area (Å²) in [4.78, 5) is 13.7. The van der Waals surface area contributed by atoms with Crippen LogP contribution in [-0.4, -0.2) is 12.5 Å². The summed E-state index contributed by atoms with van der Waals surface area (Å²) in [6.45, 7) is 0.587. The molecule has 1 aliphatic heterocycles. The minimum atomic E-state index is -0.0406. The summed E-state index contributed by atoms with van der Waals surface area (Å²) in [5, 5.41) is 0. The van der Waals surface area contributed by atoms with Gasteiger partial charge in [0.2, 0.25) is 0 Å². The molecular weight excluding hydrogens is 240 g/mol. The first kappa shape index (κ1) is 11.6. The number of fused-ring (bicyclic) bond motifs is 1. The van der Waals surface area contributed by atoms with Crippen LogP contribution in [0.2, 0.25) is 0 Å². The maximum absolute atomic E-state index is 12.0. The van der Waals surface area contributed by atoms with Crippen molar-refractivity contribution < 1.29 is 9.53 Å². The monoisotopic (exact) mass is 254 g/mol. The van der Waals surface area contributed by atoms with Crippen molar-refractivity contribution in [3.63, 3.8) is 0 Å². The number of rotatable bonds is 2. The molecule has 2 aromatic carbocycles. The summed E-state index contributed by atoms with van der Waals surface area (Å²) in [5.41, 5.74) is 8.28. The molecule has 1 aliphatic rings. The van der Waals surface area contributed by atoms with Crippen LogP contribution in [0.25, 0.3) is 0 Å². The predicted molar refractivity (Wildman–Crippen MR) is 74.0 cm³/mol. The van der Waals surface area contributed by atoms with E-state index < -0.39 is 0 Å². The van der Waals surface area contributed by atoms with Crippen LogP contribution in [0.15, 0.2) is 48.5 Å². The number of carbonyl (C=O) groups excluding carboxylic acids is 1. The SMILES string of the molecule is Nc1cccc(CN2C(=O)COc3ccccc32)c1. The zero-order valence-corrected chi connectivity index (χ0v) is 10.4. The lowest BCUT2D eigenvalue weighted by atomic mass is 10.1. The molecule has 0 unspecified atom stereocenters. The maximum Gasteiger partial charge on any atom is 0.265 e. The number of nitrogens with two attached hydrogens (primary N) is 1. The summed E-state index contributed by atoms with van der Waals surface area (Å²) in [6, 6.07) is 15.1. The smallest absolute Gasteiger partial charge is 0.265 e. The van der Waals surface area contributed by atoms with E-state index in [0.717, 1.165) is 17.0 Å². The van der Waals surface area contributed by atoms with Gasteiger partial charge in [-0.1, -0.05) is 24.3 Å². The van der Waals surface area contributed by atoms with Crippen LogP contribution in [0.3, 0.4) is 0 Å². The predicted octanol–water partition coefficient (Wildman–Crippen LogP) is 2.19. The van der Waals surface area contributed by atoms with Crippen LogP contribution in [0.5, 0.6) is 5.75 Å². The molecule has 0 radical (unpaired) electrons. The summed E-state index contributed by atoms with van der Waals surface area (Å²) < 4.78 is 5.41. The van der Waals surface area contributed by atoms with Gasteiger partial charge < -0.3 is 15.4 Å². The van der Waals surface area contributed by atoms with Gasteiger partial charge in [-0.05, 0) is 29.8 Å². The average Bonchev–Trinajstić information content (AvgIpc) is 2.42. The number of carbonyl (C=O) groups is 1. The third-order valence-electron chi connectivity index (χ3n) is 3.10. The fraction of sp³-hybridized carbons (Fsp3) is 0.133. The van der Waals surface area contributed by atoms with Crippen molar-refractivity contribution in [1.29, 1.82) is 0 Å². The standard InChI is InChI=1S/C15H14N2O2/c16-12-5-3-4-11(8-12)9-17-13-6-1-2-7-14(13)19-10-15(17)18/h1-8H,9-10,16H2. The lowest BCUT2D eigenvalue weighted by Gasteiger charge is -2.29. The van der Waals surface area contributed by atoms with Gasteiger partial charge in [-0.3, -0.25) is 4.79 Å². The molecule has 0 aromatic heterocycles. The van der Waals surface area contributed by atoms with Gasteiger partial charge in [-0.2, -0.15) is 0 Å². The van der Waals surface area contributed by atoms with E-state index in [-0.39, 0.29) is 12.5 Å². The number of para-hydroxylation sites is 2. The molecule has 2 N–H and O–H groups in total. The molecule has 0 spiro atoms. The van der Waals surface area contributed by atoms with Gasteiger partial charge in [-0.25, -0.2) is 0 Å². The van der Waals surface area contributed by atoms with Crippen LogP contribution >= 0.6 is 0 Å². The van der Waals surface area contributed by atoms with Crippen LogP contribution in [0.4, 0.5) is 11.4 Å². The molecule has 0 saturated carbocycles. The molecule has 96 valence electrons. The van der Waals surface area contributed by atoms with Crippen molar-refractivity contribution in [3.05, 3.63) is 54.1 Å². The molecule has 1 amide bonds. The first-order valence-electron chi connectivity index (χ1n) is 6.10. The molecule has 0 atom stereocenters. The average molecular weight is 254 g/mol. The van der Waals surface area contributed by atoms with Crippen molar-refractivity contribution in [2.75, 3.05) is 17.2 Å². The quantitative estimate of drug-likeness (QED) is 0.836. The van der Waals surface area contributed by atoms with Gasteiger partial charge in [0.05, 0.1) is 12.2 Å². The summed E-state index contributed by atoms with van der Waals surface area (Å²) in [7, 11) is 0. The highest BCUT2D eigenvalue weighted by Gasteiger charge is 2.24. The Hall–Kier alpha value is -2.49. The van der Waals surface area contributed by atoms with E-state index in [4.69, 9.17) is 10.5 Å². The molecule has 2 aromatic rings. The van der Waals surface area contributed by atoms with E-state index in [1.807, 2.05) is 48.5 Å². The Morgan fingerprint density at radius 2 is 2.00 bits per heavy atom. The number of hydrogen-bond acceptors (Lipinski definition) is 3. The fourth-order valence-electron chi connectivity index (χ4n) is 2.20. The Morgan fingerprint density at radius 1 is 1.16 bits per heavy atom. The van der Waals surface area contributed by atoms with Crippen LogP contribution < -0.4 is 15.4 Å². The van der Waals surface area contributed by atoms with Crippen molar-refractivity contribution >= 4 is 17.3 Å². The van der Waals surface area contributed by atoms with Crippen LogP contribution in [0, 0.1) is 0 Å². The minimum Gasteiger partial charge on any atom is -0.482 e. The Labute approximate surface area is 111 Å². The lowest BCUT2D eigenvalue weighted by molar-refractivity contribution is -0.121. The highest BCUT2D eigenvalue weighted by molar-refractivity contribution is 5.97. The number of anilines is 2. The number of amides is 1. The number of nitrogens with zero attached hydrogens (tertiary/aromatic N) is 1. The zero-order valence-electron chi connectivity index (χ0n) is 10.4. The highest BCUT2D eigenvalue weighted by Crippen LogP contribution is 2.32. The van der Waals surface area contributed by atoms with E-state index in [1.165, 1.54) is 0 Å². The zero-order chi connectivity index (χ0) is 13.2. The summed E-state index contributed by atoms with van der Waals surface area (Å²) in [6.07, 6.45) is 0. The maximum atomic E-state index is 12.0. The Morgan fingerprint density at radius 3 is 2.84 bits per heavy atom. The van der Waals surface area contributed by atoms with Gasteiger partial charge in [0.1, 0.15) is 5.75 Å². The number of benzene rings is 2. The van der Waals surface area contributed by atoms with Gasteiger partial charge in [0, 0.05) is 5.69 Å². The van der Waals surface area contributed by atoms with Gasteiger partial charge in [0.15, 0.2) is 6.61 Å². The molecule has 4 heteroatoms. The summed E-state index contributed by atoms with van der Waals surface area (Å²) >= 11 is 0. The largest absolute Gasteiger partial charge is 0.482 e. The van der Waals surface area contributed by atoms with Crippen molar-refractivity contribution in [2.24, 2.45) is 0 Å². The fourth-order valence-corrected chi connectivity index (χ4v) is 2.20. The number of nitrogen functional groups attached to an aromatic ring is 1. The molecule has 0 fully saturated rings. The second kappa shape index (κ2) is 4.65. The molecule has 4 nitrogen and oxygen atoms in total. The number of ether oxygens (including phenoxy) is 1. The van der Waals surface area contributed by atoms with Crippen LogP contribution in [-0.2, 0) is 11.3 Å². The molecule has 0 bridgehead atoms. The van der Waals surface area contributed by atoms with E-state index in [0.29, 0.717) is 12.2 Å². The Balaban J connectivity index is 1.94. The number of hydrogen-bond donors (Lipinski definition) is 1. The van der Waals surface area contributed by atoms with E-state index >= 15 is 0 Å².